The van der Waals surface area contributed by atoms with Crippen LogP contribution in [0, 0.1) is 0 Å². The quantitative estimate of drug-likeness (QED) is 0.161. The van der Waals surface area contributed by atoms with Crippen LogP contribution in [-0.2, 0) is 16.4 Å². The summed E-state index contributed by atoms with van der Waals surface area (Å²) in [6, 6.07) is 30.0. The number of carbonyl (C=O) groups excluding carboxylic acids is 2. The Kier molecular flexibility index (Phi) is 12.6. The van der Waals surface area contributed by atoms with Crippen molar-refractivity contribution >= 4 is 27.5 Å². The first-order chi connectivity index (χ1) is 23.3. The average molecular weight is 687 g/mol. The van der Waals surface area contributed by atoms with Gasteiger partial charge in [-0.05, 0) is 74.3 Å². The molecular weight excluding hydrogens is 641 g/mol. The zero-order chi connectivity index (χ0) is 35.7. The number of aliphatic hydroxyl groups is 1. The normalized spacial score (nSPS) is 14.0. The van der Waals surface area contributed by atoms with E-state index in [0.29, 0.717) is 12.2 Å². The number of nitrogens with one attached hydrogen (secondary N) is 2. The first kappa shape index (κ1) is 37.1. The minimum Gasteiger partial charge on any atom is -0.497 e. The van der Waals surface area contributed by atoms with Gasteiger partial charge in [0, 0.05) is 30.8 Å². The largest absolute Gasteiger partial charge is 0.497 e. The van der Waals surface area contributed by atoms with Crippen LogP contribution >= 0.6 is 0 Å². The molecule has 0 fully saturated rings. The molecule has 260 valence electrons. The van der Waals surface area contributed by atoms with Crippen molar-refractivity contribution in [1.82, 2.24) is 15.5 Å². The molecule has 0 heterocycles. The van der Waals surface area contributed by atoms with Crippen LogP contribution in [0.4, 0.5) is 5.69 Å². The van der Waals surface area contributed by atoms with Crippen molar-refractivity contribution in [2.75, 3.05) is 38.3 Å². The molecule has 0 unspecified atom stereocenters. The molecule has 0 aliphatic carbocycles. The summed E-state index contributed by atoms with van der Waals surface area (Å²) in [6.45, 7) is 4.14. The summed E-state index contributed by atoms with van der Waals surface area (Å²) in [5.41, 5.74) is 3.14. The number of carbonyl (C=O) groups is 2. The van der Waals surface area contributed by atoms with E-state index in [1.807, 2.05) is 97.7 Å². The molecule has 0 aliphatic heterocycles. The summed E-state index contributed by atoms with van der Waals surface area (Å²) in [7, 11) is 1.12. The van der Waals surface area contributed by atoms with E-state index in [0.717, 1.165) is 27.3 Å². The van der Waals surface area contributed by atoms with Crippen LogP contribution in [0.2, 0.25) is 0 Å². The first-order valence-electron chi connectivity index (χ1n) is 16.1. The predicted octanol–water partition coefficient (Wildman–Crippen LogP) is 4.98. The molecular formula is C38H46N4O6S. The molecule has 0 saturated heterocycles. The highest BCUT2D eigenvalue weighted by atomic mass is 32.2. The van der Waals surface area contributed by atoms with Crippen molar-refractivity contribution in [2.24, 2.45) is 0 Å². The molecule has 0 aliphatic rings. The van der Waals surface area contributed by atoms with Crippen molar-refractivity contribution in [2.45, 2.75) is 44.5 Å². The molecule has 4 aromatic carbocycles. The zero-order valence-corrected chi connectivity index (χ0v) is 29.6. The fourth-order valence-corrected chi connectivity index (χ4v) is 5.98. The second kappa shape index (κ2) is 16.6. The Hall–Kier alpha value is -4.71. The minimum atomic E-state index is -3.73. The van der Waals surface area contributed by atoms with Crippen LogP contribution < -0.4 is 19.7 Å². The Morgan fingerprint density at radius 2 is 1.37 bits per heavy atom. The Bertz CT molecular complexity index is 1820. The standard InChI is InChI=1S/C38H46N4O6S/c1-26(30-18-13-19-34(24-30)48-5)39-37(44)31-21-32(23-33(22-31)42(4)49(6,46)47)38(45)40-35(20-28-14-9-7-10-15-28)36(43)25-41(3)27(2)29-16-11-8-12-17-29/h7-19,21-24,26-27,35-36,43H,20,25H2,1-6H3,(H,39,44)(H,40,45)/t26-,27+,35+,36-/m1/s1. The number of methoxy groups -OCH3 is 1. The van der Waals surface area contributed by atoms with E-state index in [4.69, 9.17) is 4.74 Å². The van der Waals surface area contributed by atoms with E-state index < -0.39 is 40.0 Å². The summed E-state index contributed by atoms with van der Waals surface area (Å²) < 4.78 is 31.4. The molecule has 3 N–H and O–H groups in total. The van der Waals surface area contributed by atoms with Gasteiger partial charge in [0.2, 0.25) is 10.0 Å². The van der Waals surface area contributed by atoms with Crippen molar-refractivity contribution in [3.8, 4) is 5.75 Å². The van der Waals surface area contributed by atoms with Gasteiger partial charge < -0.3 is 20.5 Å². The van der Waals surface area contributed by atoms with Gasteiger partial charge in [-0.2, -0.15) is 0 Å². The van der Waals surface area contributed by atoms with E-state index in [2.05, 4.69) is 17.6 Å². The number of rotatable bonds is 15. The van der Waals surface area contributed by atoms with E-state index in [-0.39, 0.29) is 29.4 Å². The van der Waals surface area contributed by atoms with Gasteiger partial charge in [-0.1, -0.05) is 72.8 Å². The van der Waals surface area contributed by atoms with Gasteiger partial charge in [0.1, 0.15) is 5.75 Å². The van der Waals surface area contributed by atoms with Gasteiger partial charge in [0.15, 0.2) is 0 Å². The number of amides is 2. The highest BCUT2D eigenvalue weighted by Gasteiger charge is 2.27. The number of sulfonamides is 1. The number of hydrogen-bond acceptors (Lipinski definition) is 7. The lowest BCUT2D eigenvalue weighted by atomic mass is 9.99. The Morgan fingerprint density at radius 3 is 1.96 bits per heavy atom. The SMILES string of the molecule is COc1cccc([C@@H](C)NC(=O)c2cc(C(=O)N[C@@H](Cc3ccccc3)[C@H](O)CN(C)[C@@H](C)c3ccccc3)cc(N(C)S(C)(=O)=O)c2)c1. The number of nitrogens with zero attached hydrogens (tertiary/aromatic N) is 2. The predicted molar refractivity (Wildman–Crippen MR) is 193 cm³/mol. The summed E-state index contributed by atoms with van der Waals surface area (Å²) in [6.07, 6.45) is 0.424. The number of anilines is 1. The third-order valence-electron chi connectivity index (χ3n) is 8.74. The van der Waals surface area contributed by atoms with Gasteiger partial charge in [-0.25, -0.2) is 8.42 Å². The van der Waals surface area contributed by atoms with Crippen LogP contribution in [-0.4, -0.2) is 76.4 Å². The molecule has 10 nitrogen and oxygen atoms in total. The molecule has 4 aromatic rings. The highest BCUT2D eigenvalue weighted by molar-refractivity contribution is 7.92. The Morgan fingerprint density at radius 1 is 0.796 bits per heavy atom. The van der Waals surface area contributed by atoms with Gasteiger partial charge in [-0.15, -0.1) is 0 Å². The topological polar surface area (TPSA) is 128 Å². The maximum Gasteiger partial charge on any atom is 0.251 e. The Balaban J connectivity index is 1.63. The average Bonchev–Trinajstić information content (AvgIpc) is 3.10. The third kappa shape index (κ3) is 10.1. The number of hydrogen-bond donors (Lipinski definition) is 3. The Labute approximate surface area is 289 Å². The zero-order valence-electron chi connectivity index (χ0n) is 28.8. The molecule has 0 aromatic heterocycles. The van der Waals surface area contributed by atoms with Crippen LogP contribution in [0.15, 0.2) is 103 Å². The lowest BCUT2D eigenvalue weighted by Crippen LogP contribution is -2.49. The number of benzene rings is 4. The van der Waals surface area contributed by atoms with E-state index >= 15 is 0 Å². The lowest BCUT2D eigenvalue weighted by molar-refractivity contribution is 0.0656. The molecule has 2 amide bonds. The first-order valence-corrected chi connectivity index (χ1v) is 17.9. The molecule has 11 heteroatoms. The van der Waals surface area contributed by atoms with Crippen LogP contribution in [0.5, 0.6) is 5.75 Å². The van der Waals surface area contributed by atoms with Crippen LogP contribution in [0.3, 0.4) is 0 Å². The fourth-order valence-electron chi connectivity index (χ4n) is 5.49. The smallest absolute Gasteiger partial charge is 0.251 e. The highest BCUT2D eigenvalue weighted by Crippen LogP contribution is 2.24. The van der Waals surface area contributed by atoms with Crippen molar-refractivity contribution < 1.29 is 27.9 Å². The summed E-state index contributed by atoms with van der Waals surface area (Å²) >= 11 is 0. The van der Waals surface area contributed by atoms with Gasteiger partial charge in [-0.3, -0.25) is 18.8 Å². The van der Waals surface area contributed by atoms with Gasteiger partial charge in [0.25, 0.3) is 11.8 Å². The van der Waals surface area contributed by atoms with Crippen molar-refractivity contribution in [3.05, 3.63) is 131 Å². The summed E-state index contributed by atoms with van der Waals surface area (Å²) in [5, 5.41) is 17.5. The molecule has 0 saturated carbocycles. The molecule has 4 atom stereocenters. The van der Waals surface area contributed by atoms with Gasteiger partial charge in [0.05, 0.1) is 37.2 Å². The third-order valence-corrected chi connectivity index (χ3v) is 9.95. The molecule has 4 rings (SSSR count). The molecule has 0 bridgehead atoms. The molecule has 0 spiro atoms. The number of likely N-dealkylation sites (N-methyl/N-ethyl adjacent to an activating group) is 1. The fraction of sp³-hybridized carbons (Fsp3) is 0.316. The lowest BCUT2D eigenvalue weighted by Gasteiger charge is -2.31. The summed E-state index contributed by atoms with van der Waals surface area (Å²) in [5.74, 6) is -0.412. The van der Waals surface area contributed by atoms with Gasteiger partial charge >= 0.3 is 0 Å². The summed E-state index contributed by atoms with van der Waals surface area (Å²) in [4.78, 5) is 29.5. The maximum atomic E-state index is 14.0. The molecule has 49 heavy (non-hydrogen) atoms. The van der Waals surface area contributed by atoms with Crippen molar-refractivity contribution in [1.29, 1.82) is 0 Å². The van der Waals surface area contributed by atoms with Crippen LogP contribution in [0.25, 0.3) is 0 Å². The van der Waals surface area contributed by atoms with E-state index in [1.165, 1.54) is 25.2 Å². The second-order valence-corrected chi connectivity index (χ2v) is 14.3. The minimum absolute atomic E-state index is 0.00701. The molecule has 0 radical (unpaired) electrons. The monoisotopic (exact) mass is 686 g/mol. The van der Waals surface area contributed by atoms with E-state index in [9.17, 15) is 23.1 Å². The maximum absolute atomic E-state index is 14.0. The van der Waals surface area contributed by atoms with Crippen molar-refractivity contribution in [3.63, 3.8) is 0 Å². The van der Waals surface area contributed by atoms with Crippen LogP contribution in [0.1, 0.15) is 63.3 Å². The number of ether oxygens (including phenoxy) is 1. The second-order valence-electron chi connectivity index (χ2n) is 12.3. The van der Waals surface area contributed by atoms with E-state index in [1.54, 1.807) is 13.2 Å². The number of aliphatic hydroxyl groups excluding tert-OH is 1.